The predicted octanol–water partition coefficient (Wildman–Crippen LogP) is 3.90. The van der Waals surface area contributed by atoms with E-state index in [9.17, 15) is 18.0 Å². The van der Waals surface area contributed by atoms with Crippen molar-refractivity contribution in [3.63, 3.8) is 0 Å². The van der Waals surface area contributed by atoms with Gasteiger partial charge >= 0.3 is 6.18 Å². The van der Waals surface area contributed by atoms with Crippen molar-refractivity contribution in [1.82, 2.24) is 19.1 Å². The van der Waals surface area contributed by atoms with Gasteiger partial charge < -0.3 is 4.57 Å². The van der Waals surface area contributed by atoms with E-state index in [4.69, 9.17) is 11.6 Å². The van der Waals surface area contributed by atoms with Crippen molar-refractivity contribution in [3.05, 3.63) is 51.8 Å². The van der Waals surface area contributed by atoms with Gasteiger partial charge in [-0.15, -0.1) is 0 Å². The number of hydrogen-bond acceptors (Lipinski definition) is 3. The van der Waals surface area contributed by atoms with Crippen LogP contribution in [0.1, 0.15) is 19.2 Å². The molecule has 0 unspecified atom stereocenters. The summed E-state index contributed by atoms with van der Waals surface area (Å²) in [7, 11) is 1.68. The van der Waals surface area contributed by atoms with Crippen LogP contribution in [0.25, 0.3) is 16.9 Å². The van der Waals surface area contributed by atoms with Crippen molar-refractivity contribution in [1.29, 1.82) is 0 Å². The van der Waals surface area contributed by atoms with Gasteiger partial charge in [0.25, 0.3) is 5.56 Å². The second-order valence-corrected chi connectivity index (χ2v) is 6.59. The van der Waals surface area contributed by atoms with Crippen LogP contribution in [-0.4, -0.2) is 25.3 Å². The predicted molar refractivity (Wildman–Crippen MR) is 92.7 cm³/mol. The zero-order chi connectivity index (χ0) is 19.1. The monoisotopic (exact) mass is 384 g/mol. The molecule has 0 aliphatic rings. The van der Waals surface area contributed by atoms with Crippen molar-refractivity contribution in [2.24, 2.45) is 13.0 Å². The molecule has 1 aromatic carbocycles. The highest BCUT2D eigenvalue weighted by atomic mass is 35.5. The lowest BCUT2D eigenvalue weighted by atomic mass is 10.0. The number of aryl methyl sites for hydroxylation is 2. The lowest BCUT2D eigenvalue weighted by Crippen LogP contribution is -2.26. The second kappa shape index (κ2) is 6.75. The van der Waals surface area contributed by atoms with Gasteiger partial charge in [0, 0.05) is 18.5 Å². The molecule has 0 radical (unpaired) electrons. The quantitative estimate of drug-likeness (QED) is 0.685. The van der Waals surface area contributed by atoms with Crippen LogP contribution in [0, 0.1) is 5.92 Å². The molecule has 0 saturated heterocycles. The van der Waals surface area contributed by atoms with Crippen molar-refractivity contribution in [2.45, 2.75) is 25.9 Å². The average Bonchev–Trinajstić information content (AvgIpc) is 2.94. The topological polar surface area (TPSA) is 52.7 Å². The highest BCUT2D eigenvalue weighted by Gasteiger charge is 2.35. The van der Waals surface area contributed by atoms with Gasteiger partial charge in [-0.25, -0.2) is 9.97 Å². The van der Waals surface area contributed by atoms with Crippen LogP contribution in [0.2, 0.25) is 5.02 Å². The molecule has 0 saturated carbocycles. The molecule has 0 aliphatic carbocycles. The van der Waals surface area contributed by atoms with E-state index in [-0.39, 0.29) is 24.2 Å². The molecule has 1 atom stereocenters. The fourth-order valence-corrected chi connectivity index (χ4v) is 2.76. The van der Waals surface area contributed by atoms with Crippen molar-refractivity contribution >= 4 is 22.8 Å². The average molecular weight is 385 g/mol. The minimum absolute atomic E-state index is 0.000334. The standard InChI is InChI=1S/C17H16ClF3N4O/c1-10(17(19,20)21)3-8-13-23-15-14(22-9-24(15)2)16(26)25(13)12-6-4-11(18)5-7-12/h4-7,9-10H,3,8H2,1-2H3/t10-/m0/s1. The van der Waals surface area contributed by atoms with Crippen LogP contribution >= 0.6 is 11.6 Å². The number of benzene rings is 1. The largest absolute Gasteiger partial charge is 0.391 e. The van der Waals surface area contributed by atoms with Crippen LogP contribution in [0.3, 0.4) is 0 Å². The summed E-state index contributed by atoms with van der Waals surface area (Å²) in [6.45, 7) is 1.12. The Kier molecular flexibility index (Phi) is 4.79. The molecule has 138 valence electrons. The number of hydrogen-bond donors (Lipinski definition) is 0. The van der Waals surface area contributed by atoms with Crippen LogP contribution in [0.15, 0.2) is 35.4 Å². The minimum atomic E-state index is -4.29. The van der Waals surface area contributed by atoms with E-state index < -0.39 is 17.7 Å². The zero-order valence-electron chi connectivity index (χ0n) is 14.1. The molecular formula is C17H16ClF3N4O. The summed E-state index contributed by atoms with van der Waals surface area (Å²) in [5, 5.41) is 0.487. The molecule has 0 bridgehead atoms. The molecule has 3 rings (SSSR count). The fourth-order valence-electron chi connectivity index (χ4n) is 2.64. The summed E-state index contributed by atoms with van der Waals surface area (Å²) in [6, 6.07) is 6.45. The summed E-state index contributed by atoms with van der Waals surface area (Å²) in [5.74, 6) is -1.25. The van der Waals surface area contributed by atoms with Gasteiger partial charge in [0.1, 0.15) is 5.82 Å². The van der Waals surface area contributed by atoms with Crippen LogP contribution in [-0.2, 0) is 13.5 Å². The maximum absolute atomic E-state index is 12.9. The maximum atomic E-state index is 12.9. The van der Waals surface area contributed by atoms with E-state index >= 15 is 0 Å². The molecule has 9 heteroatoms. The second-order valence-electron chi connectivity index (χ2n) is 6.15. The lowest BCUT2D eigenvalue weighted by Gasteiger charge is -2.17. The van der Waals surface area contributed by atoms with Crippen LogP contribution in [0.4, 0.5) is 13.2 Å². The van der Waals surface area contributed by atoms with Gasteiger partial charge in [-0.2, -0.15) is 13.2 Å². The smallest absolute Gasteiger partial charge is 0.318 e. The van der Waals surface area contributed by atoms with E-state index in [1.54, 1.807) is 35.9 Å². The molecule has 0 amide bonds. The van der Waals surface area contributed by atoms with E-state index in [0.717, 1.165) is 6.92 Å². The summed E-state index contributed by atoms with van der Waals surface area (Å²) in [6.07, 6.45) is -3.01. The number of nitrogens with zero attached hydrogens (tertiary/aromatic N) is 4. The van der Waals surface area contributed by atoms with Crippen molar-refractivity contribution in [3.8, 4) is 5.69 Å². The first kappa shape index (κ1) is 18.4. The third-order valence-corrected chi connectivity index (χ3v) is 4.50. The Morgan fingerprint density at radius 2 is 1.88 bits per heavy atom. The summed E-state index contributed by atoms with van der Waals surface area (Å²) in [4.78, 5) is 21.4. The highest BCUT2D eigenvalue weighted by molar-refractivity contribution is 6.30. The molecule has 2 aromatic heterocycles. The van der Waals surface area contributed by atoms with Gasteiger partial charge in [0.15, 0.2) is 11.2 Å². The Morgan fingerprint density at radius 1 is 1.23 bits per heavy atom. The number of rotatable bonds is 4. The first-order valence-electron chi connectivity index (χ1n) is 7.94. The molecule has 3 aromatic rings. The number of aromatic nitrogens is 4. The Hall–Kier alpha value is -2.35. The summed E-state index contributed by atoms with van der Waals surface area (Å²) >= 11 is 5.89. The number of imidazole rings is 1. The van der Waals surface area contributed by atoms with E-state index in [1.807, 2.05) is 0 Å². The Bertz CT molecular complexity index is 992. The highest BCUT2D eigenvalue weighted by Crippen LogP contribution is 2.29. The van der Waals surface area contributed by atoms with Crippen LogP contribution in [0.5, 0.6) is 0 Å². The fraction of sp³-hybridized carbons (Fsp3) is 0.353. The van der Waals surface area contributed by atoms with E-state index in [0.29, 0.717) is 16.4 Å². The molecule has 0 spiro atoms. The van der Waals surface area contributed by atoms with Gasteiger partial charge in [0.2, 0.25) is 0 Å². The SMILES string of the molecule is C[C@@H](CCc1nc2c(ncn2C)c(=O)n1-c1ccc(Cl)cc1)C(F)(F)F. The number of alkyl halides is 3. The van der Waals surface area contributed by atoms with E-state index in [1.165, 1.54) is 10.9 Å². The third kappa shape index (κ3) is 3.46. The molecule has 0 aliphatic heterocycles. The minimum Gasteiger partial charge on any atom is -0.318 e. The summed E-state index contributed by atoms with van der Waals surface area (Å²) < 4.78 is 41.4. The Morgan fingerprint density at radius 3 is 2.50 bits per heavy atom. The molecule has 26 heavy (non-hydrogen) atoms. The summed E-state index contributed by atoms with van der Waals surface area (Å²) in [5.41, 5.74) is 0.562. The number of halogens is 4. The molecule has 2 heterocycles. The van der Waals surface area contributed by atoms with Crippen LogP contribution < -0.4 is 5.56 Å². The van der Waals surface area contributed by atoms with Crippen molar-refractivity contribution < 1.29 is 13.2 Å². The molecule has 0 N–H and O–H groups in total. The lowest BCUT2D eigenvalue weighted by molar-refractivity contribution is -0.171. The van der Waals surface area contributed by atoms with Gasteiger partial charge in [-0.1, -0.05) is 18.5 Å². The molecule has 5 nitrogen and oxygen atoms in total. The zero-order valence-corrected chi connectivity index (χ0v) is 14.8. The van der Waals surface area contributed by atoms with Crippen molar-refractivity contribution in [2.75, 3.05) is 0 Å². The Balaban J connectivity index is 2.12. The van der Waals surface area contributed by atoms with Gasteiger partial charge in [0.05, 0.1) is 17.9 Å². The van der Waals surface area contributed by atoms with Gasteiger partial charge in [-0.05, 0) is 30.7 Å². The Labute approximate surface area is 152 Å². The third-order valence-electron chi connectivity index (χ3n) is 4.25. The first-order valence-corrected chi connectivity index (χ1v) is 8.32. The maximum Gasteiger partial charge on any atom is 0.391 e. The van der Waals surface area contributed by atoms with E-state index in [2.05, 4.69) is 9.97 Å². The first-order chi connectivity index (χ1) is 12.2. The van der Waals surface area contributed by atoms with Gasteiger partial charge in [-0.3, -0.25) is 9.36 Å². The number of fused-ring (bicyclic) bond motifs is 1. The molecular weight excluding hydrogens is 369 g/mol. The molecule has 0 fully saturated rings. The normalized spacial score (nSPS) is 13.3.